The Morgan fingerprint density at radius 3 is 2.65 bits per heavy atom. The molecule has 1 aliphatic carbocycles. The Kier molecular flexibility index (Phi) is 5.36. The summed E-state index contributed by atoms with van der Waals surface area (Å²) < 4.78 is 10.4. The number of aromatic nitrogens is 1. The second-order valence-electron chi connectivity index (χ2n) is 6.08. The largest absolute Gasteiger partial charge is 0.497 e. The zero-order chi connectivity index (χ0) is 18.5. The molecular formula is C19H21N3O4. The molecule has 0 bridgehead atoms. The molecule has 2 N–H and O–H groups in total. The summed E-state index contributed by atoms with van der Waals surface area (Å²) in [7, 11) is 3.09. The Bertz CT molecular complexity index is 795. The van der Waals surface area contributed by atoms with E-state index < -0.39 is 0 Å². The number of anilines is 1. The summed E-state index contributed by atoms with van der Waals surface area (Å²) >= 11 is 0. The summed E-state index contributed by atoms with van der Waals surface area (Å²) in [6.07, 6.45) is 3.93. The van der Waals surface area contributed by atoms with E-state index in [1.54, 1.807) is 37.7 Å². The van der Waals surface area contributed by atoms with Crippen LogP contribution in [-0.4, -0.2) is 31.0 Å². The maximum Gasteiger partial charge on any atom is 0.228 e. The van der Waals surface area contributed by atoms with Gasteiger partial charge in [0.2, 0.25) is 11.8 Å². The molecule has 1 heterocycles. The number of benzene rings is 1. The number of methoxy groups -OCH3 is 2. The number of nitrogens with zero attached hydrogens (tertiary/aromatic N) is 1. The van der Waals surface area contributed by atoms with Crippen molar-refractivity contribution in [1.82, 2.24) is 10.3 Å². The van der Waals surface area contributed by atoms with Crippen molar-refractivity contribution in [2.75, 3.05) is 19.5 Å². The second kappa shape index (κ2) is 7.86. The highest BCUT2D eigenvalue weighted by Crippen LogP contribution is 2.40. The molecule has 2 aromatic rings. The van der Waals surface area contributed by atoms with Crippen molar-refractivity contribution >= 4 is 17.5 Å². The highest BCUT2D eigenvalue weighted by atomic mass is 16.5. The first-order chi connectivity index (χ1) is 12.6. The molecule has 1 fully saturated rings. The quantitative estimate of drug-likeness (QED) is 0.793. The standard InChI is InChI=1S/C19H21N3O4/c1-25-13-5-6-16(17(8-13)26-2)22-19(24)15-9-14(15)18(23)21-11-12-4-3-7-20-10-12/h3-8,10,14-15H,9,11H2,1-2H3,(H,21,23)(H,22,24). The first kappa shape index (κ1) is 17.7. The average molecular weight is 355 g/mol. The van der Waals surface area contributed by atoms with Crippen LogP contribution in [0, 0.1) is 11.8 Å². The predicted octanol–water partition coefficient (Wildman–Crippen LogP) is 1.99. The molecule has 7 heteroatoms. The van der Waals surface area contributed by atoms with E-state index in [0.717, 1.165) is 5.56 Å². The summed E-state index contributed by atoms with van der Waals surface area (Å²) in [6, 6.07) is 8.86. The second-order valence-corrected chi connectivity index (χ2v) is 6.08. The lowest BCUT2D eigenvalue weighted by Crippen LogP contribution is -2.27. The van der Waals surface area contributed by atoms with Crippen LogP contribution in [0.5, 0.6) is 11.5 Å². The summed E-state index contributed by atoms with van der Waals surface area (Å²) in [5.41, 5.74) is 1.48. The molecule has 2 atom stereocenters. The maximum atomic E-state index is 12.4. The molecule has 1 aromatic carbocycles. The van der Waals surface area contributed by atoms with Crippen LogP contribution in [0.15, 0.2) is 42.7 Å². The van der Waals surface area contributed by atoms with Crippen LogP contribution in [0.4, 0.5) is 5.69 Å². The molecule has 0 spiro atoms. The van der Waals surface area contributed by atoms with E-state index in [9.17, 15) is 9.59 Å². The number of nitrogens with one attached hydrogen (secondary N) is 2. The molecule has 2 amide bonds. The van der Waals surface area contributed by atoms with Gasteiger partial charge in [0.25, 0.3) is 0 Å². The van der Waals surface area contributed by atoms with E-state index in [-0.39, 0.29) is 23.7 Å². The highest BCUT2D eigenvalue weighted by Gasteiger charge is 2.48. The van der Waals surface area contributed by atoms with Crippen LogP contribution in [0.1, 0.15) is 12.0 Å². The highest BCUT2D eigenvalue weighted by molar-refractivity contribution is 6.00. The van der Waals surface area contributed by atoms with Gasteiger partial charge in [0.1, 0.15) is 11.5 Å². The monoisotopic (exact) mass is 355 g/mol. The number of hydrogen-bond acceptors (Lipinski definition) is 5. The average Bonchev–Trinajstić information content (AvgIpc) is 3.48. The number of pyridine rings is 1. The van der Waals surface area contributed by atoms with Gasteiger partial charge in [-0.25, -0.2) is 0 Å². The summed E-state index contributed by atoms with van der Waals surface area (Å²) in [5.74, 6) is 0.229. The van der Waals surface area contributed by atoms with E-state index in [1.165, 1.54) is 7.11 Å². The number of carbonyl (C=O) groups excluding carboxylic acids is 2. The normalized spacial score (nSPS) is 17.9. The number of carbonyl (C=O) groups is 2. The van der Waals surface area contributed by atoms with Crippen LogP contribution in [0.25, 0.3) is 0 Å². The van der Waals surface area contributed by atoms with Crippen LogP contribution in [0.2, 0.25) is 0 Å². The molecule has 0 aliphatic heterocycles. The summed E-state index contributed by atoms with van der Waals surface area (Å²) in [6.45, 7) is 0.407. The van der Waals surface area contributed by atoms with Gasteiger partial charge in [-0.3, -0.25) is 14.6 Å². The summed E-state index contributed by atoms with van der Waals surface area (Å²) in [5, 5.41) is 5.67. The van der Waals surface area contributed by atoms with Gasteiger partial charge in [-0.05, 0) is 30.2 Å². The third-order valence-corrected chi connectivity index (χ3v) is 4.32. The fraction of sp³-hybridized carbons (Fsp3) is 0.316. The van der Waals surface area contributed by atoms with Gasteiger partial charge >= 0.3 is 0 Å². The van der Waals surface area contributed by atoms with Crippen molar-refractivity contribution in [2.45, 2.75) is 13.0 Å². The lowest BCUT2D eigenvalue weighted by atomic mass is 10.2. The molecule has 26 heavy (non-hydrogen) atoms. The van der Waals surface area contributed by atoms with Crippen molar-refractivity contribution in [2.24, 2.45) is 11.8 Å². The number of ether oxygens (including phenoxy) is 2. The number of hydrogen-bond donors (Lipinski definition) is 2. The third kappa shape index (κ3) is 4.11. The Labute approximate surface area is 151 Å². The van der Waals surface area contributed by atoms with E-state index in [1.807, 2.05) is 12.1 Å². The third-order valence-electron chi connectivity index (χ3n) is 4.32. The minimum atomic E-state index is -0.323. The molecule has 0 radical (unpaired) electrons. The van der Waals surface area contributed by atoms with Crippen LogP contribution in [0.3, 0.4) is 0 Å². The first-order valence-electron chi connectivity index (χ1n) is 8.32. The number of amides is 2. The van der Waals surface area contributed by atoms with E-state index in [2.05, 4.69) is 15.6 Å². The Morgan fingerprint density at radius 1 is 1.15 bits per heavy atom. The molecule has 1 aliphatic rings. The Morgan fingerprint density at radius 2 is 1.96 bits per heavy atom. The van der Waals surface area contributed by atoms with Gasteiger partial charge in [0.05, 0.1) is 31.7 Å². The molecule has 7 nitrogen and oxygen atoms in total. The lowest BCUT2D eigenvalue weighted by molar-refractivity contribution is -0.125. The predicted molar refractivity (Wildman–Crippen MR) is 95.9 cm³/mol. The van der Waals surface area contributed by atoms with Crippen molar-refractivity contribution in [1.29, 1.82) is 0 Å². The zero-order valence-corrected chi connectivity index (χ0v) is 14.7. The van der Waals surface area contributed by atoms with Crippen molar-refractivity contribution in [3.05, 3.63) is 48.3 Å². The van der Waals surface area contributed by atoms with Gasteiger partial charge in [-0.1, -0.05) is 6.07 Å². The molecule has 2 unspecified atom stereocenters. The van der Waals surface area contributed by atoms with E-state index in [0.29, 0.717) is 30.2 Å². The van der Waals surface area contributed by atoms with Gasteiger partial charge in [-0.15, -0.1) is 0 Å². The van der Waals surface area contributed by atoms with E-state index >= 15 is 0 Å². The van der Waals surface area contributed by atoms with Crippen LogP contribution < -0.4 is 20.1 Å². The Hall–Kier alpha value is -3.09. The van der Waals surface area contributed by atoms with Gasteiger partial charge in [0.15, 0.2) is 0 Å². The van der Waals surface area contributed by atoms with Gasteiger partial charge in [-0.2, -0.15) is 0 Å². The zero-order valence-electron chi connectivity index (χ0n) is 14.7. The number of rotatable bonds is 7. The van der Waals surface area contributed by atoms with Gasteiger partial charge < -0.3 is 20.1 Å². The topological polar surface area (TPSA) is 89.5 Å². The van der Waals surface area contributed by atoms with Gasteiger partial charge in [0, 0.05) is 25.0 Å². The molecule has 1 saturated carbocycles. The van der Waals surface area contributed by atoms with Crippen molar-refractivity contribution in [3.63, 3.8) is 0 Å². The molecule has 1 aromatic heterocycles. The van der Waals surface area contributed by atoms with Crippen LogP contribution >= 0.6 is 0 Å². The first-order valence-corrected chi connectivity index (χ1v) is 8.32. The fourth-order valence-corrected chi connectivity index (χ4v) is 2.72. The molecule has 3 rings (SSSR count). The molecule has 0 saturated heterocycles. The maximum absolute atomic E-state index is 12.4. The van der Waals surface area contributed by atoms with Crippen molar-refractivity contribution in [3.8, 4) is 11.5 Å². The molecular weight excluding hydrogens is 334 g/mol. The van der Waals surface area contributed by atoms with E-state index in [4.69, 9.17) is 9.47 Å². The minimum absolute atomic E-state index is 0.115. The molecule has 136 valence electrons. The fourth-order valence-electron chi connectivity index (χ4n) is 2.72. The SMILES string of the molecule is COc1ccc(NC(=O)C2CC2C(=O)NCc2cccnc2)c(OC)c1. The van der Waals surface area contributed by atoms with Crippen molar-refractivity contribution < 1.29 is 19.1 Å². The smallest absolute Gasteiger partial charge is 0.228 e. The summed E-state index contributed by atoms with van der Waals surface area (Å²) in [4.78, 5) is 28.6. The van der Waals surface area contributed by atoms with Crippen LogP contribution in [-0.2, 0) is 16.1 Å². The minimum Gasteiger partial charge on any atom is -0.497 e. The lowest BCUT2D eigenvalue weighted by Gasteiger charge is -2.11. The Balaban J connectivity index is 1.53.